The lowest BCUT2D eigenvalue weighted by Crippen LogP contribution is -2.51. The summed E-state index contributed by atoms with van der Waals surface area (Å²) >= 11 is 0. The number of rotatable bonds is 10. The minimum Gasteiger partial charge on any atom is -0.494 e. The summed E-state index contributed by atoms with van der Waals surface area (Å²) in [6, 6.07) is 14.3. The zero-order valence-electron chi connectivity index (χ0n) is 20.3. The van der Waals surface area contributed by atoms with Crippen molar-refractivity contribution in [1.82, 2.24) is 25.2 Å². The lowest BCUT2D eigenvalue weighted by Gasteiger charge is -2.34. The van der Waals surface area contributed by atoms with Crippen LogP contribution in [0.4, 0.5) is 0 Å². The van der Waals surface area contributed by atoms with Gasteiger partial charge in [0.2, 0.25) is 11.8 Å². The third-order valence-electron chi connectivity index (χ3n) is 6.31. The van der Waals surface area contributed by atoms with Gasteiger partial charge in [-0.3, -0.25) is 9.59 Å². The molecule has 1 N–H and O–H groups in total. The highest BCUT2D eigenvalue weighted by molar-refractivity contribution is 5.90. The number of benzene rings is 2. The first-order valence-corrected chi connectivity index (χ1v) is 12.0. The predicted molar refractivity (Wildman–Crippen MR) is 130 cm³/mol. The number of hydrogen-bond donors (Lipinski definition) is 1. The van der Waals surface area contributed by atoms with Gasteiger partial charge < -0.3 is 15.0 Å². The van der Waals surface area contributed by atoms with Crippen LogP contribution in [0.1, 0.15) is 58.6 Å². The predicted octanol–water partition coefficient (Wildman–Crippen LogP) is 3.87. The van der Waals surface area contributed by atoms with Crippen LogP contribution in [-0.4, -0.2) is 49.9 Å². The fourth-order valence-corrected chi connectivity index (χ4v) is 4.00. The Balaban J connectivity index is 1.67. The average Bonchev–Trinajstić information content (AvgIpc) is 3.58. The first-order valence-electron chi connectivity index (χ1n) is 12.0. The Labute approximate surface area is 200 Å². The maximum Gasteiger partial charge on any atom is 0.247 e. The lowest BCUT2D eigenvalue weighted by atomic mass is 9.98. The Morgan fingerprint density at radius 2 is 1.85 bits per heavy atom. The molecule has 3 aromatic rings. The average molecular weight is 464 g/mol. The van der Waals surface area contributed by atoms with E-state index < -0.39 is 6.04 Å². The van der Waals surface area contributed by atoms with E-state index in [1.54, 1.807) is 9.58 Å². The number of amides is 2. The highest BCUT2D eigenvalue weighted by atomic mass is 16.5. The smallest absolute Gasteiger partial charge is 0.247 e. The summed E-state index contributed by atoms with van der Waals surface area (Å²) in [5.41, 5.74) is 1.90. The van der Waals surface area contributed by atoms with E-state index in [0.717, 1.165) is 41.6 Å². The molecule has 34 heavy (non-hydrogen) atoms. The first-order chi connectivity index (χ1) is 16.3. The number of nitrogens with one attached hydrogen (secondary N) is 1. The van der Waals surface area contributed by atoms with Crippen LogP contribution in [0.5, 0.6) is 5.75 Å². The van der Waals surface area contributed by atoms with Gasteiger partial charge >= 0.3 is 0 Å². The molecule has 1 fully saturated rings. The van der Waals surface area contributed by atoms with Gasteiger partial charge in [0.15, 0.2) is 0 Å². The number of aromatic nitrogens is 3. The molecule has 4 rings (SSSR count). The molecule has 0 spiro atoms. The van der Waals surface area contributed by atoms with Gasteiger partial charge in [-0.05, 0) is 69.9 Å². The number of nitrogens with zero attached hydrogens (tertiary/aromatic N) is 4. The Bertz CT molecular complexity index is 1150. The zero-order chi connectivity index (χ0) is 24.3. The van der Waals surface area contributed by atoms with Crippen LogP contribution >= 0.6 is 0 Å². The highest BCUT2D eigenvalue weighted by Crippen LogP contribution is 2.36. The second-order valence-electron chi connectivity index (χ2n) is 9.40. The van der Waals surface area contributed by atoms with Crippen LogP contribution < -0.4 is 10.1 Å². The fraction of sp³-hybridized carbons (Fsp3) is 0.462. The molecule has 1 saturated carbocycles. The van der Waals surface area contributed by atoms with Crippen LogP contribution in [0.3, 0.4) is 0 Å². The van der Waals surface area contributed by atoms with Gasteiger partial charge in [0.05, 0.1) is 12.1 Å². The van der Waals surface area contributed by atoms with Crippen molar-refractivity contribution in [3.63, 3.8) is 0 Å². The van der Waals surface area contributed by atoms with E-state index in [1.807, 2.05) is 76.2 Å². The highest BCUT2D eigenvalue weighted by Gasteiger charge is 2.42. The summed E-state index contributed by atoms with van der Waals surface area (Å²) < 4.78 is 7.19. The summed E-state index contributed by atoms with van der Waals surface area (Å²) in [5, 5.41) is 11.5. The van der Waals surface area contributed by atoms with E-state index in [4.69, 9.17) is 4.74 Å². The number of fused-ring (bicyclic) bond motifs is 1. The quantitative estimate of drug-likeness (QED) is 0.493. The largest absolute Gasteiger partial charge is 0.494 e. The van der Waals surface area contributed by atoms with Gasteiger partial charge in [-0.1, -0.05) is 36.4 Å². The van der Waals surface area contributed by atoms with Crippen molar-refractivity contribution in [3.8, 4) is 5.75 Å². The molecule has 0 radical (unpaired) electrons. The molecule has 180 valence electrons. The first kappa shape index (κ1) is 23.7. The monoisotopic (exact) mass is 463 g/mol. The molecule has 1 heterocycles. The number of ether oxygens (including phenoxy) is 1. The second-order valence-corrected chi connectivity index (χ2v) is 9.40. The minimum atomic E-state index is -0.740. The topological polar surface area (TPSA) is 89.4 Å². The van der Waals surface area contributed by atoms with Gasteiger partial charge in [-0.2, -0.15) is 0 Å². The third-order valence-corrected chi connectivity index (χ3v) is 6.31. The molecule has 0 unspecified atom stereocenters. The van der Waals surface area contributed by atoms with Gasteiger partial charge in [0.1, 0.15) is 23.9 Å². The summed E-state index contributed by atoms with van der Waals surface area (Å²) in [6.07, 6.45) is 2.53. The van der Waals surface area contributed by atoms with Crippen LogP contribution in [-0.2, 0) is 16.1 Å². The van der Waals surface area contributed by atoms with Crippen molar-refractivity contribution in [2.45, 2.75) is 71.1 Å². The molecule has 1 aliphatic carbocycles. The van der Waals surface area contributed by atoms with E-state index in [2.05, 4.69) is 15.6 Å². The number of carbonyl (C=O) groups excluding carboxylic acids is 2. The van der Waals surface area contributed by atoms with Crippen LogP contribution in [0, 0.1) is 0 Å². The standard InChI is InChI=1S/C26H33N5O3/c1-5-26(3,4)27-25(33)24(18-11-15-20(16-12-18)34-6-2)31(19-13-14-19)23(32)17-30-22-10-8-7-9-21(22)28-29-30/h7-12,15-16,19,24H,5-6,13-14,17H2,1-4H3,(H,27,33)/t24-/m0/s1. The van der Waals surface area contributed by atoms with Gasteiger partial charge in [-0.25, -0.2) is 4.68 Å². The minimum absolute atomic E-state index is 0.0225. The summed E-state index contributed by atoms with van der Waals surface area (Å²) in [5.74, 6) is 0.402. The molecule has 2 aromatic carbocycles. The van der Waals surface area contributed by atoms with E-state index in [0.29, 0.717) is 6.61 Å². The molecule has 1 atom stereocenters. The molecule has 8 nitrogen and oxygen atoms in total. The molecular weight excluding hydrogens is 430 g/mol. The summed E-state index contributed by atoms with van der Waals surface area (Å²) in [4.78, 5) is 29.1. The molecular formula is C26H33N5O3. The molecule has 0 aliphatic heterocycles. The maximum absolute atomic E-state index is 13.7. The Morgan fingerprint density at radius 1 is 1.15 bits per heavy atom. The molecule has 8 heteroatoms. The van der Waals surface area contributed by atoms with E-state index in [1.165, 1.54) is 0 Å². The Hall–Kier alpha value is -3.42. The van der Waals surface area contributed by atoms with Gasteiger partial charge in [-0.15, -0.1) is 5.10 Å². The number of hydrogen-bond acceptors (Lipinski definition) is 5. The summed E-state index contributed by atoms with van der Waals surface area (Å²) in [7, 11) is 0. The van der Waals surface area contributed by atoms with Gasteiger partial charge in [0, 0.05) is 11.6 Å². The SMILES string of the molecule is CCOc1ccc([C@@H](C(=O)NC(C)(C)CC)N(C(=O)Cn2nnc3ccccc32)C2CC2)cc1. The van der Waals surface area contributed by atoms with Gasteiger partial charge in [0.25, 0.3) is 0 Å². The molecule has 1 aromatic heterocycles. The van der Waals surface area contributed by atoms with E-state index in [-0.39, 0.29) is 29.9 Å². The fourth-order valence-electron chi connectivity index (χ4n) is 4.00. The van der Waals surface area contributed by atoms with Crippen molar-refractivity contribution in [1.29, 1.82) is 0 Å². The van der Waals surface area contributed by atoms with E-state index >= 15 is 0 Å². The van der Waals surface area contributed by atoms with Crippen molar-refractivity contribution < 1.29 is 14.3 Å². The van der Waals surface area contributed by atoms with Crippen molar-refractivity contribution in [2.24, 2.45) is 0 Å². The number of carbonyl (C=O) groups is 2. The summed E-state index contributed by atoms with van der Waals surface area (Å²) in [6.45, 7) is 8.53. The maximum atomic E-state index is 13.7. The molecule has 1 aliphatic rings. The van der Waals surface area contributed by atoms with Crippen LogP contribution in [0.2, 0.25) is 0 Å². The third kappa shape index (κ3) is 5.21. The normalized spacial score (nSPS) is 14.6. The lowest BCUT2D eigenvalue weighted by molar-refractivity contribution is -0.143. The molecule has 0 saturated heterocycles. The Kier molecular flexibility index (Phi) is 6.86. The van der Waals surface area contributed by atoms with Crippen LogP contribution in [0.25, 0.3) is 11.0 Å². The van der Waals surface area contributed by atoms with Crippen molar-refractivity contribution >= 4 is 22.8 Å². The second kappa shape index (κ2) is 9.83. The zero-order valence-corrected chi connectivity index (χ0v) is 20.3. The number of para-hydroxylation sites is 1. The van der Waals surface area contributed by atoms with E-state index in [9.17, 15) is 9.59 Å². The van der Waals surface area contributed by atoms with Crippen LogP contribution in [0.15, 0.2) is 48.5 Å². The van der Waals surface area contributed by atoms with Crippen molar-refractivity contribution in [3.05, 3.63) is 54.1 Å². The molecule has 0 bridgehead atoms. The van der Waals surface area contributed by atoms with Crippen molar-refractivity contribution in [2.75, 3.05) is 6.61 Å². The molecule has 2 amide bonds. The Morgan fingerprint density at radius 3 is 2.50 bits per heavy atom.